The quantitative estimate of drug-likeness (QED) is 0.450. The van der Waals surface area contributed by atoms with E-state index in [9.17, 15) is 19.8 Å². The van der Waals surface area contributed by atoms with E-state index < -0.39 is 24.8 Å². The molecule has 0 fully saturated rings. The predicted octanol–water partition coefficient (Wildman–Crippen LogP) is 1.82. The summed E-state index contributed by atoms with van der Waals surface area (Å²) in [6, 6.07) is 11.2. The first kappa shape index (κ1) is 16.9. The van der Waals surface area contributed by atoms with Crippen molar-refractivity contribution in [2.75, 3.05) is 0 Å². The van der Waals surface area contributed by atoms with Crippen LogP contribution in [0.1, 0.15) is 16.7 Å². The zero-order valence-electron chi connectivity index (χ0n) is 12.5. The lowest BCUT2D eigenvalue weighted by atomic mass is 9.99. The molecule has 0 aliphatic carbocycles. The van der Waals surface area contributed by atoms with Crippen LogP contribution in [0, 0.1) is 12.0 Å². The fraction of sp³-hybridized carbons (Fsp3) is 0.111. The summed E-state index contributed by atoms with van der Waals surface area (Å²) in [7, 11) is 0. The van der Waals surface area contributed by atoms with Crippen LogP contribution in [-0.2, 0) is 27.2 Å². The predicted molar refractivity (Wildman–Crippen MR) is 84.2 cm³/mol. The molecule has 0 saturated carbocycles. The Morgan fingerprint density at radius 3 is 2.08 bits per heavy atom. The minimum absolute atomic E-state index is 0.00362. The van der Waals surface area contributed by atoms with E-state index in [1.165, 1.54) is 6.07 Å². The standard InChI is InChI=1S/C18H14O6/c19-15-6-7-16(20)14(13(15)10-17(21)22)11-18(23)24-9-8-12-4-2-1-3-5-12/h1-7,19-20H,10-11H2,(H,21,22). The monoisotopic (exact) mass is 326 g/mol. The van der Waals surface area contributed by atoms with Gasteiger partial charge in [-0.3, -0.25) is 9.59 Å². The van der Waals surface area contributed by atoms with E-state index in [0.29, 0.717) is 5.56 Å². The van der Waals surface area contributed by atoms with Gasteiger partial charge in [-0.1, -0.05) is 18.2 Å². The van der Waals surface area contributed by atoms with Crippen LogP contribution < -0.4 is 0 Å². The van der Waals surface area contributed by atoms with Crippen molar-refractivity contribution in [1.29, 1.82) is 0 Å². The zero-order valence-corrected chi connectivity index (χ0v) is 12.5. The summed E-state index contributed by atoms with van der Waals surface area (Å²) < 4.78 is 4.76. The fourth-order valence-corrected chi connectivity index (χ4v) is 2.06. The highest BCUT2D eigenvalue weighted by atomic mass is 16.5. The highest BCUT2D eigenvalue weighted by Gasteiger charge is 2.18. The number of phenolic OH excluding ortho intramolecular Hbond substituents is 2. The molecule has 2 rings (SSSR count). The first-order valence-electron chi connectivity index (χ1n) is 6.97. The average Bonchev–Trinajstić information content (AvgIpc) is 2.55. The third-order valence-corrected chi connectivity index (χ3v) is 3.16. The summed E-state index contributed by atoms with van der Waals surface area (Å²) in [6.45, 7) is 0. The molecule has 122 valence electrons. The van der Waals surface area contributed by atoms with Crippen molar-refractivity contribution in [2.45, 2.75) is 12.8 Å². The Labute approximate surface area is 137 Å². The van der Waals surface area contributed by atoms with Crippen LogP contribution in [0.4, 0.5) is 0 Å². The van der Waals surface area contributed by atoms with Crippen LogP contribution in [0.25, 0.3) is 0 Å². The Morgan fingerprint density at radius 2 is 1.50 bits per heavy atom. The third-order valence-electron chi connectivity index (χ3n) is 3.16. The highest BCUT2D eigenvalue weighted by molar-refractivity contribution is 5.78. The van der Waals surface area contributed by atoms with Crippen LogP contribution in [0.3, 0.4) is 0 Å². The molecule has 0 aliphatic heterocycles. The summed E-state index contributed by atoms with van der Waals surface area (Å²) in [4.78, 5) is 22.7. The Bertz CT molecular complexity index is 815. The lowest BCUT2D eigenvalue weighted by Gasteiger charge is -2.10. The summed E-state index contributed by atoms with van der Waals surface area (Å²) in [6.07, 6.45) is 1.32. The molecule has 0 atom stereocenters. The van der Waals surface area contributed by atoms with Gasteiger partial charge in [0.1, 0.15) is 17.6 Å². The third kappa shape index (κ3) is 4.52. The number of aliphatic carboxylic acids is 1. The van der Waals surface area contributed by atoms with E-state index in [-0.39, 0.29) is 22.6 Å². The van der Waals surface area contributed by atoms with Gasteiger partial charge in [0.25, 0.3) is 0 Å². The minimum Gasteiger partial charge on any atom is -0.508 e. The molecular formula is C18H14O6. The van der Waals surface area contributed by atoms with E-state index in [1.807, 2.05) is 6.07 Å². The highest BCUT2D eigenvalue weighted by Crippen LogP contribution is 2.30. The van der Waals surface area contributed by atoms with Gasteiger partial charge in [-0.2, -0.15) is 0 Å². The zero-order chi connectivity index (χ0) is 17.5. The number of esters is 1. The maximum Gasteiger partial charge on any atom is 0.324 e. The molecule has 0 amide bonds. The van der Waals surface area contributed by atoms with Crippen molar-refractivity contribution < 1.29 is 29.6 Å². The molecule has 0 spiro atoms. The summed E-state index contributed by atoms with van der Waals surface area (Å²) in [5.74, 6) is 0.0571. The topological polar surface area (TPSA) is 104 Å². The van der Waals surface area contributed by atoms with Crippen LogP contribution in [0.15, 0.2) is 42.5 Å². The van der Waals surface area contributed by atoms with Gasteiger partial charge in [-0.05, 0) is 30.2 Å². The molecule has 6 nitrogen and oxygen atoms in total. The molecule has 0 aliphatic rings. The second kappa shape index (κ2) is 7.70. The van der Waals surface area contributed by atoms with Crippen LogP contribution in [0.5, 0.6) is 11.5 Å². The number of phenols is 2. The molecule has 0 heterocycles. The molecule has 0 aromatic heterocycles. The van der Waals surface area contributed by atoms with Crippen molar-refractivity contribution in [3.63, 3.8) is 0 Å². The van der Waals surface area contributed by atoms with Crippen LogP contribution in [-0.4, -0.2) is 27.3 Å². The molecule has 6 heteroatoms. The number of carboxylic acids is 1. The number of benzene rings is 2. The number of rotatable bonds is 4. The molecule has 0 saturated heterocycles. The molecule has 2 aromatic rings. The van der Waals surface area contributed by atoms with Gasteiger partial charge in [0.2, 0.25) is 0 Å². The van der Waals surface area contributed by atoms with Gasteiger partial charge in [0.15, 0.2) is 0 Å². The Morgan fingerprint density at radius 1 is 0.917 bits per heavy atom. The number of hydrogen-bond donors (Lipinski definition) is 3. The van der Waals surface area contributed by atoms with Gasteiger partial charge < -0.3 is 20.1 Å². The van der Waals surface area contributed by atoms with E-state index >= 15 is 0 Å². The van der Waals surface area contributed by atoms with Crippen molar-refractivity contribution in [1.82, 2.24) is 0 Å². The molecule has 0 unspecified atom stereocenters. The molecule has 0 bridgehead atoms. The second-order valence-electron chi connectivity index (χ2n) is 4.88. The maximum atomic E-state index is 11.8. The first-order valence-corrected chi connectivity index (χ1v) is 6.97. The summed E-state index contributed by atoms with van der Waals surface area (Å²) >= 11 is 0. The SMILES string of the molecule is O=C(O)Cc1c(O)ccc(O)c1CC(=O)OC#Cc1ccccc1. The van der Waals surface area contributed by atoms with Crippen molar-refractivity contribution in [3.05, 3.63) is 59.2 Å². The number of carbonyl (C=O) groups excluding carboxylic acids is 1. The van der Waals surface area contributed by atoms with E-state index in [0.717, 1.165) is 6.07 Å². The largest absolute Gasteiger partial charge is 0.508 e. The van der Waals surface area contributed by atoms with Crippen LogP contribution >= 0.6 is 0 Å². The van der Waals surface area contributed by atoms with Gasteiger partial charge in [-0.25, -0.2) is 0 Å². The Hall–Kier alpha value is -3.46. The number of ether oxygens (including phenoxy) is 1. The van der Waals surface area contributed by atoms with Gasteiger partial charge in [0.05, 0.1) is 12.8 Å². The van der Waals surface area contributed by atoms with Gasteiger partial charge in [0, 0.05) is 16.7 Å². The minimum atomic E-state index is -1.20. The van der Waals surface area contributed by atoms with Crippen molar-refractivity contribution in [2.24, 2.45) is 0 Å². The average molecular weight is 326 g/mol. The lowest BCUT2D eigenvalue weighted by Crippen LogP contribution is -2.10. The smallest absolute Gasteiger partial charge is 0.324 e. The Balaban J connectivity index is 2.13. The fourth-order valence-electron chi connectivity index (χ4n) is 2.06. The van der Waals surface area contributed by atoms with E-state index in [1.54, 1.807) is 24.3 Å². The summed E-state index contributed by atoms with van der Waals surface area (Å²) in [5, 5.41) is 28.5. The van der Waals surface area contributed by atoms with Gasteiger partial charge >= 0.3 is 11.9 Å². The summed E-state index contributed by atoms with van der Waals surface area (Å²) in [5.41, 5.74) is 0.636. The molecule has 3 N–H and O–H groups in total. The van der Waals surface area contributed by atoms with Crippen molar-refractivity contribution in [3.8, 4) is 23.5 Å². The maximum absolute atomic E-state index is 11.8. The van der Waals surface area contributed by atoms with Gasteiger partial charge in [-0.15, -0.1) is 0 Å². The number of carboxylic acid groups (broad SMARTS) is 1. The van der Waals surface area contributed by atoms with Crippen molar-refractivity contribution >= 4 is 11.9 Å². The molecule has 0 radical (unpaired) electrons. The lowest BCUT2D eigenvalue weighted by molar-refractivity contribution is -0.137. The van der Waals surface area contributed by atoms with E-state index in [2.05, 4.69) is 12.0 Å². The number of aromatic hydroxyl groups is 2. The molecule has 24 heavy (non-hydrogen) atoms. The molecular weight excluding hydrogens is 312 g/mol. The van der Waals surface area contributed by atoms with E-state index in [4.69, 9.17) is 9.84 Å². The number of hydrogen-bond acceptors (Lipinski definition) is 5. The number of carbonyl (C=O) groups is 2. The molecule has 2 aromatic carbocycles. The second-order valence-corrected chi connectivity index (χ2v) is 4.88. The Kier molecular flexibility index (Phi) is 5.42. The van der Waals surface area contributed by atoms with Crippen LogP contribution in [0.2, 0.25) is 0 Å². The normalized spacial score (nSPS) is 9.67. The first-order chi connectivity index (χ1) is 11.5.